The van der Waals surface area contributed by atoms with Crippen LogP contribution in [0.5, 0.6) is 0 Å². The lowest BCUT2D eigenvalue weighted by Crippen LogP contribution is -2.26. The fraction of sp³-hybridized carbons (Fsp3) is 0.500. The van der Waals surface area contributed by atoms with E-state index in [1.807, 2.05) is 0 Å². The molecule has 102 valence electrons. The smallest absolute Gasteiger partial charge is 0.241 e. The number of nitrogens with zero attached hydrogens (tertiary/aromatic N) is 5. The van der Waals surface area contributed by atoms with E-state index in [0.29, 0.717) is 23.9 Å². The van der Waals surface area contributed by atoms with Crippen LogP contribution >= 0.6 is 11.6 Å². The van der Waals surface area contributed by atoms with Gasteiger partial charge in [-0.15, -0.1) is 0 Å². The molecule has 0 fully saturated rings. The maximum absolute atomic E-state index is 5.94. The molecule has 0 spiro atoms. The SMILES string of the molecule is CCC(Nc1nc(Cl)nc(-n2ccnc2)n1)C(C)C. The zero-order chi connectivity index (χ0) is 13.8. The molecule has 0 aliphatic carbocycles. The summed E-state index contributed by atoms with van der Waals surface area (Å²) in [6, 6.07) is 0.300. The minimum absolute atomic E-state index is 0.166. The third-order valence-electron chi connectivity index (χ3n) is 2.89. The van der Waals surface area contributed by atoms with Gasteiger partial charge < -0.3 is 5.32 Å². The quantitative estimate of drug-likeness (QED) is 0.911. The summed E-state index contributed by atoms with van der Waals surface area (Å²) in [6.45, 7) is 6.43. The monoisotopic (exact) mass is 280 g/mol. The topological polar surface area (TPSA) is 68.5 Å². The van der Waals surface area contributed by atoms with Crippen LogP contribution in [0.2, 0.25) is 5.28 Å². The zero-order valence-electron chi connectivity index (χ0n) is 11.2. The fourth-order valence-corrected chi connectivity index (χ4v) is 1.96. The molecule has 7 heteroatoms. The van der Waals surface area contributed by atoms with Crippen molar-refractivity contribution in [3.05, 3.63) is 24.0 Å². The van der Waals surface area contributed by atoms with Crippen LogP contribution in [0.4, 0.5) is 5.95 Å². The maximum Gasteiger partial charge on any atom is 0.241 e. The van der Waals surface area contributed by atoms with E-state index in [-0.39, 0.29) is 5.28 Å². The van der Waals surface area contributed by atoms with Crippen molar-refractivity contribution in [2.75, 3.05) is 5.32 Å². The van der Waals surface area contributed by atoms with E-state index in [4.69, 9.17) is 11.6 Å². The standard InChI is InChI=1S/C12H17ClN6/c1-4-9(8(2)3)15-11-16-10(13)17-12(18-11)19-6-5-14-7-19/h5-9H,4H2,1-3H3,(H,15,16,17,18). The first-order valence-corrected chi connectivity index (χ1v) is 6.64. The Hall–Kier alpha value is -1.69. The Labute approximate surface area is 117 Å². The van der Waals surface area contributed by atoms with Gasteiger partial charge in [-0.05, 0) is 23.9 Å². The van der Waals surface area contributed by atoms with Gasteiger partial charge in [-0.3, -0.25) is 4.57 Å². The fourth-order valence-electron chi connectivity index (χ4n) is 1.80. The highest BCUT2D eigenvalue weighted by molar-refractivity contribution is 6.28. The Morgan fingerprint density at radius 3 is 2.68 bits per heavy atom. The van der Waals surface area contributed by atoms with Gasteiger partial charge in [0.05, 0.1) is 0 Å². The molecule has 1 N–H and O–H groups in total. The van der Waals surface area contributed by atoms with Gasteiger partial charge in [0.2, 0.25) is 17.2 Å². The molecule has 0 saturated heterocycles. The molecule has 19 heavy (non-hydrogen) atoms. The average molecular weight is 281 g/mol. The van der Waals surface area contributed by atoms with Gasteiger partial charge in [0, 0.05) is 18.4 Å². The number of anilines is 1. The first-order chi connectivity index (χ1) is 9.10. The summed E-state index contributed by atoms with van der Waals surface area (Å²) in [5.41, 5.74) is 0. The van der Waals surface area contributed by atoms with Crippen molar-refractivity contribution < 1.29 is 0 Å². The summed E-state index contributed by atoms with van der Waals surface area (Å²) in [5.74, 6) is 1.43. The normalized spacial score (nSPS) is 12.7. The van der Waals surface area contributed by atoms with E-state index in [9.17, 15) is 0 Å². The minimum Gasteiger partial charge on any atom is -0.351 e. The predicted molar refractivity (Wildman–Crippen MR) is 74.5 cm³/mol. The molecule has 1 unspecified atom stereocenters. The van der Waals surface area contributed by atoms with Crippen LogP contribution in [0.3, 0.4) is 0 Å². The van der Waals surface area contributed by atoms with E-state index in [1.54, 1.807) is 23.3 Å². The van der Waals surface area contributed by atoms with Crippen molar-refractivity contribution in [1.29, 1.82) is 0 Å². The van der Waals surface area contributed by atoms with Gasteiger partial charge >= 0.3 is 0 Å². The molecule has 2 aromatic heterocycles. The van der Waals surface area contributed by atoms with Crippen molar-refractivity contribution >= 4 is 17.5 Å². The lowest BCUT2D eigenvalue weighted by molar-refractivity contribution is 0.507. The number of rotatable bonds is 5. The van der Waals surface area contributed by atoms with Crippen LogP contribution < -0.4 is 5.32 Å². The van der Waals surface area contributed by atoms with Crippen LogP contribution in [-0.4, -0.2) is 30.5 Å². The highest BCUT2D eigenvalue weighted by Gasteiger charge is 2.14. The molecular weight excluding hydrogens is 264 g/mol. The molecule has 2 heterocycles. The van der Waals surface area contributed by atoms with E-state index in [0.717, 1.165) is 6.42 Å². The summed E-state index contributed by atoms with van der Waals surface area (Å²) in [4.78, 5) is 16.5. The van der Waals surface area contributed by atoms with Gasteiger partial charge in [-0.1, -0.05) is 20.8 Å². The van der Waals surface area contributed by atoms with Crippen LogP contribution in [0.1, 0.15) is 27.2 Å². The van der Waals surface area contributed by atoms with Crippen LogP contribution in [0.25, 0.3) is 5.95 Å². The minimum atomic E-state index is 0.166. The van der Waals surface area contributed by atoms with Gasteiger partial charge in [0.25, 0.3) is 0 Å². The molecule has 0 amide bonds. The Balaban J connectivity index is 2.27. The number of aromatic nitrogens is 5. The molecule has 2 rings (SSSR count). The maximum atomic E-state index is 5.94. The molecule has 0 saturated carbocycles. The Morgan fingerprint density at radius 2 is 2.11 bits per heavy atom. The van der Waals surface area contributed by atoms with Crippen molar-refractivity contribution in [2.45, 2.75) is 33.2 Å². The van der Waals surface area contributed by atoms with E-state index in [2.05, 4.69) is 46.0 Å². The van der Waals surface area contributed by atoms with E-state index < -0.39 is 0 Å². The molecule has 0 aromatic carbocycles. The molecule has 2 aromatic rings. The highest BCUT2D eigenvalue weighted by atomic mass is 35.5. The number of hydrogen-bond acceptors (Lipinski definition) is 5. The van der Waals surface area contributed by atoms with Gasteiger partial charge in [0.15, 0.2) is 0 Å². The molecule has 6 nitrogen and oxygen atoms in total. The summed E-state index contributed by atoms with van der Waals surface area (Å²) in [7, 11) is 0. The van der Waals surface area contributed by atoms with Gasteiger partial charge in [-0.2, -0.15) is 15.0 Å². The molecule has 0 aliphatic rings. The third kappa shape index (κ3) is 3.41. The van der Waals surface area contributed by atoms with Crippen LogP contribution in [0.15, 0.2) is 18.7 Å². The molecule has 1 atom stereocenters. The number of imidazole rings is 1. The first-order valence-electron chi connectivity index (χ1n) is 6.26. The molecular formula is C12H17ClN6. The molecule has 0 bridgehead atoms. The lowest BCUT2D eigenvalue weighted by Gasteiger charge is -2.20. The summed E-state index contributed by atoms with van der Waals surface area (Å²) in [6.07, 6.45) is 6.03. The van der Waals surface area contributed by atoms with Crippen molar-refractivity contribution in [2.24, 2.45) is 5.92 Å². The van der Waals surface area contributed by atoms with E-state index >= 15 is 0 Å². The second kappa shape index (κ2) is 5.97. The summed E-state index contributed by atoms with van der Waals surface area (Å²) in [5, 5.41) is 3.46. The average Bonchev–Trinajstić information content (AvgIpc) is 2.88. The third-order valence-corrected chi connectivity index (χ3v) is 3.06. The van der Waals surface area contributed by atoms with Crippen LogP contribution in [-0.2, 0) is 0 Å². The Bertz CT molecular complexity index is 525. The van der Waals surface area contributed by atoms with Crippen molar-refractivity contribution in [3.8, 4) is 5.95 Å². The highest BCUT2D eigenvalue weighted by Crippen LogP contribution is 2.14. The Morgan fingerprint density at radius 1 is 1.32 bits per heavy atom. The molecule has 0 radical (unpaired) electrons. The number of hydrogen-bond donors (Lipinski definition) is 1. The lowest BCUT2D eigenvalue weighted by atomic mass is 10.0. The second-order valence-corrected chi connectivity index (χ2v) is 4.94. The summed E-state index contributed by atoms with van der Waals surface area (Å²) < 4.78 is 1.69. The van der Waals surface area contributed by atoms with Crippen molar-refractivity contribution in [1.82, 2.24) is 24.5 Å². The number of halogens is 1. The summed E-state index contributed by atoms with van der Waals surface area (Å²) >= 11 is 5.94. The first kappa shape index (κ1) is 13.7. The van der Waals surface area contributed by atoms with Crippen molar-refractivity contribution in [3.63, 3.8) is 0 Å². The predicted octanol–water partition coefficient (Wildman–Crippen LogP) is 2.56. The second-order valence-electron chi connectivity index (χ2n) is 4.60. The number of nitrogens with one attached hydrogen (secondary N) is 1. The Kier molecular flexibility index (Phi) is 4.31. The van der Waals surface area contributed by atoms with Gasteiger partial charge in [-0.25, -0.2) is 4.98 Å². The zero-order valence-corrected chi connectivity index (χ0v) is 12.0. The van der Waals surface area contributed by atoms with Gasteiger partial charge in [0.1, 0.15) is 6.33 Å². The van der Waals surface area contributed by atoms with Crippen LogP contribution in [0, 0.1) is 5.92 Å². The van der Waals surface area contributed by atoms with E-state index in [1.165, 1.54) is 0 Å². The largest absolute Gasteiger partial charge is 0.351 e. The molecule has 0 aliphatic heterocycles.